The molecule has 0 spiro atoms. The van der Waals surface area contributed by atoms with Crippen molar-refractivity contribution in [1.29, 1.82) is 0 Å². The maximum atomic E-state index is 13.1. The smallest absolute Gasteiger partial charge is 0.320 e. The SMILES string of the molecule is CCCN1C(C(C)C)CC(NCCCNC)N(C)C1NC(=O)Nc1ccc2ccccc2c1. The van der Waals surface area contributed by atoms with Crippen LogP contribution >= 0.6 is 0 Å². The van der Waals surface area contributed by atoms with Crippen molar-refractivity contribution < 1.29 is 4.79 Å². The molecular weight excluding hydrogens is 412 g/mol. The average Bonchev–Trinajstić information content (AvgIpc) is 2.80. The van der Waals surface area contributed by atoms with Crippen LogP contribution in [0.1, 0.15) is 40.0 Å². The first-order chi connectivity index (χ1) is 15.9. The van der Waals surface area contributed by atoms with Gasteiger partial charge in [0.2, 0.25) is 0 Å². The maximum Gasteiger partial charge on any atom is 0.321 e. The summed E-state index contributed by atoms with van der Waals surface area (Å²) in [5.74, 6) is 0.500. The summed E-state index contributed by atoms with van der Waals surface area (Å²) in [7, 11) is 4.09. The maximum absolute atomic E-state index is 13.1. The van der Waals surface area contributed by atoms with Gasteiger partial charge in [-0.05, 0) is 75.3 Å². The Balaban J connectivity index is 1.73. The highest BCUT2D eigenvalue weighted by Crippen LogP contribution is 2.27. The second-order valence-electron chi connectivity index (χ2n) is 9.41. The lowest BCUT2D eigenvalue weighted by molar-refractivity contribution is -0.0843. The lowest BCUT2D eigenvalue weighted by Crippen LogP contribution is -2.70. The summed E-state index contributed by atoms with van der Waals surface area (Å²) in [6.45, 7) is 9.65. The molecule has 0 aromatic heterocycles. The van der Waals surface area contributed by atoms with Gasteiger partial charge < -0.3 is 21.3 Å². The molecule has 1 aliphatic rings. The lowest BCUT2D eigenvalue weighted by atomic mass is 9.94. The van der Waals surface area contributed by atoms with Gasteiger partial charge in [0.05, 0.1) is 6.17 Å². The molecule has 0 aliphatic carbocycles. The zero-order chi connectivity index (χ0) is 23.8. The van der Waals surface area contributed by atoms with Crippen LogP contribution in [-0.4, -0.2) is 68.1 Å². The summed E-state index contributed by atoms with van der Waals surface area (Å²) < 4.78 is 0. The van der Waals surface area contributed by atoms with Gasteiger partial charge in [0, 0.05) is 18.3 Å². The highest BCUT2D eigenvalue weighted by Gasteiger charge is 2.40. The van der Waals surface area contributed by atoms with E-state index in [9.17, 15) is 4.79 Å². The number of urea groups is 1. The zero-order valence-corrected chi connectivity index (χ0v) is 20.9. The number of hydrogen-bond acceptors (Lipinski definition) is 5. The molecule has 0 saturated carbocycles. The van der Waals surface area contributed by atoms with Crippen molar-refractivity contribution in [3.05, 3.63) is 42.5 Å². The van der Waals surface area contributed by atoms with Crippen molar-refractivity contribution >= 4 is 22.5 Å². The monoisotopic (exact) mass is 454 g/mol. The highest BCUT2D eigenvalue weighted by atomic mass is 16.2. The van der Waals surface area contributed by atoms with E-state index in [0.29, 0.717) is 12.0 Å². The summed E-state index contributed by atoms with van der Waals surface area (Å²) in [4.78, 5) is 17.8. The van der Waals surface area contributed by atoms with Gasteiger partial charge in [-0.1, -0.05) is 51.1 Å². The first kappa shape index (κ1) is 25.4. The van der Waals surface area contributed by atoms with E-state index in [1.54, 1.807) is 0 Å². The van der Waals surface area contributed by atoms with E-state index in [4.69, 9.17) is 0 Å². The van der Waals surface area contributed by atoms with E-state index in [1.807, 2.05) is 37.4 Å². The summed E-state index contributed by atoms with van der Waals surface area (Å²) >= 11 is 0. The summed E-state index contributed by atoms with van der Waals surface area (Å²) in [6.07, 6.45) is 3.20. The molecule has 0 bridgehead atoms. The van der Waals surface area contributed by atoms with Crippen LogP contribution in [0.5, 0.6) is 0 Å². The van der Waals surface area contributed by atoms with E-state index in [-0.39, 0.29) is 18.5 Å². The largest absolute Gasteiger partial charge is 0.321 e. The van der Waals surface area contributed by atoms with Gasteiger partial charge in [-0.2, -0.15) is 0 Å². The van der Waals surface area contributed by atoms with Crippen LogP contribution < -0.4 is 21.3 Å². The molecule has 1 aliphatic heterocycles. The fourth-order valence-corrected chi connectivity index (χ4v) is 4.81. The summed E-state index contributed by atoms with van der Waals surface area (Å²) in [6, 6.07) is 14.4. The minimum Gasteiger partial charge on any atom is -0.320 e. The third-order valence-corrected chi connectivity index (χ3v) is 6.58. The van der Waals surface area contributed by atoms with Crippen LogP contribution in [0, 0.1) is 5.92 Å². The van der Waals surface area contributed by atoms with E-state index in [0.717, 1.165) is 55.4 Å². The fourth-order valence-electron chi connectivity index (χ4n) is 4.81. The Bertz CT molecular complexity index is 888. The van der Waals surface area contributed by atoms with Gasteiger partial charge in [-0.25, -0.2) is 4.79 Å². The van der Waals surface area contributed by atoms with Gasteiger partial charge in [0.15, 0.2) is 0 Å². The molecule has 1 heterocycles. The first-order valence-corrected chi connectivity index (χ1v) is 12.4. The molecule has 1 fully saturated rings. The molecule has 0 radical (unpaired) electrons. The zero-order valence-electron chi connectivity index (χ0n) is 20.9. The molecule has 3 atom stereocenters. The van der Waals surface area contributed by atoms with E-state index in [1.165, 1.54) is 0 Å². The molecular formula is C26H42N6O. The van der Waals surface area contributed by atoms with Gasteiger partial charge in [0.25, 0.3) is 0 Å². The van der Waals surface area contributed by atoms with Crippen LogP contribution in [-0.2, 0) is 0 Å². The van der Waals surface area contributed by atoms with E-state index in [2.05, 4.69) is 71.0 Å². The second kappa shape index (κ2) is 12.3. The molecule has 3 rings (SSSR count). The van der Waals surface area contributed by atoms with Crippen LogP contribution in [0.3, 0.4) is 0 Å². The third kappa shape index (κ3) is 6.67. The van der Waals surface area contributed by atoms with Crippen LogP contribution in [0.15, 0.2) is 42.5 Å². The van der Waals surface area contributed by atoms with Gasteiger partial charge in [-0.3, -0.25) is 9.80 Å². The lowest BCUT2D eigenvalue weighted by Gasteiger charge is -2.52. The van der Waals surface area contributed by atoms with Crippen molar-refractivity contribution in [2.45, 2.75) is 58.5 Å². The molecule has 4 N–H and O–H groups in total. The topological polar surface area (TPSA) is 71.7 Å². The van der Waals surface area contributed by atoms with Crippen molar-refractivity contribution in [2.24, 2.45) is 5.92 Å². The number of benzene rings is 2. The number of amides is 2. The minimum atomic E-state index is -0.179. The van der Waals surface area contributed by atoms with Crippen LogP contribution in [0.4, 0.5) is 10.5 Å². The Morgan fingerprint density at radius 1 is 1.12 bits per heavy atom. The summed E-state index contributed by atoms with van der Waals surface area (Å²) in [5, 5.41) is 15.5. The van der Waals surface area contributed by atoms with E-state index >= 15 is 0 Å². The molecule has 1 saturated heterocycles. The normalized spacial score (nSPS) is 22.1. The Kier molecular flexibility index (Phi) is 9.50. The molecule has 33 heavy (non-hydrogen) atoms. The molecule has 7 heteroatoms. The fraction of sp³-hybridized carbons (Fsp3) is 0.577. The average molecular weight is 455 g/mol. The molecule has 182 valence electrons. The quantitative estimate of drug-likeness (QED) is 0.411. The molecule has 7 nitrogen and oxygen atoms in total. The second-order valence-corrected chi connectivity index (χ2v) is 9.41. The highest BCUT2D eigenvalue weighted by molar-refractivity contribution is 5.93. The molecule has 3 unspecified atom stereocenters. The van der Waals surface area contributed by atoms with Crippen molar-refractivity contribution in [2.75, 3.05) is 39.0 Å². The van der Waals surface area contributed by atoms with Crippen LogP contribution in [0.25, 0.3) is 10.8 Å². The standard InChI is InChI=1S/C26H42N6O/c1-6-16-32-23(19(2)3)18-24(28-15-9-14-27-4)31(5)26(32)30-25(33)29-22-13-12-20-10-7-8-11-21(20)17-22/h7-8,10-13,17,19,23-24,26-28H,6,9,14-16,18H2,1-5H3,(H2,29,30,33). The Labute approximate surface area is 199 Å². The van der Waals surface area contributed by atoms with Gasteiger partial charge >= 0.3 is 6.03 Å². The van der Waals surface area contributed by atoms with E-state index < -0.39 is 0 Å². The number of anilines is 1. The summed E-state index contributed by atoms with van der Waals surface area (Å²) in [5.41, 5.74) is 0.800. The van der Waals surface area contributed by atoms with Crippen molar-refractivity contribution in [3.8, 4) is 0 Å². The molecule has 2 aromatic carbocycles. The molecule has 2 amide bonds. The van der Waals surface area contributed by atoms with Crippen molar-refractivity contribution in [3.63, 3.8) is 0 Å². The number of nitrogens with zero attached hydrogens (tertiary/aromatic N) is 2. The van der Waals surface area contributed by atoms with Crippen molar-refractivity contribution in [1.82, 2.24) is 25.8 Å². The number of carbonyl (C=O) groups is 1. The minimum absolute atomic E-state index is 0.173. The number of nitrogens with one attached hydrogen (secondary N) is 4. The number of rotatable bonds is 10. The first-order valence-electron chi connectivity index (χ1n) is 12.4. The van der Waals surface area contributed by atoms with Crippen LogP contribution in [0.2, 0.25) is 0 Å². The molecule has 2 aromatic rings. The number of hydrogen-bond donors (Lipinski definition) is 4. The Morgan fingerprint density at radius 3 is 2.58 bits per heavy atom. The predicted octanol–water partition coefficient (Wildman–Crippen LogP) is 3.84. The Morgan fingerprint density at radius 2 is 1.88 bits per heavy atom. The predicted molar refractivity (Wildman–Crippen MR) is 138 cm³/mol. The number of carbonyl (C=O) groups excluding carboxylic acids is 1. The Hall–Kier alpha value is -2.19. The number of fused-ring (bicyclic) bond motifs is 1. The van der Waals surface area contributed by atoms with Gasteiger partial charge in [0.1, 0.15) is 6.29 Å². The van der Waals surface area contributed by atoms with Gasteiger partial charge in [-0.15, -0.1) is 0 Å². The third-order valence-electron chi connectivity index (χ3n) is 6.58.